The Balaban J connectivity index is 2.08. The lowest BCUT2D eigenvalue weighted by atomic mass is 10.1. The first-order valence-electron chi connectivity index (χ1n) is 5.63. The number of para-hydroxylation sites is 1. The molecule has 4 N–H and O–H groups in total. The van der Waals surface area contributed by atoms with E-state index in [-0.39, 0.29) is 0 Å². The van der Waals surface area contributed by atoms with Crippen LogP contribution in [0.25, 0.3) is 0 Å². The summed E-state index contributed by atoms with van der Waals surface area (Å²) < 4.78 is 6.47. The third kappa shape index (κ3) is 3.26. The van der Waals surface area contributed by atoms with Crippen LogP contribution in [0.5, 0.6) is 5.75 Å². The molecule has 2 aromatic carbocycles. The smallest absolute Gasteiger partial charge is 0.248 e. The number of halogens is 1. The third-order valence-corrected chi connectivity index (χ3v) is 3.24. The van der Waals surface area contributed by atoms with Crippen molar-refractivity contribution in [3.63, 3.8) is 0 Å². The first kappa shape index (κ1) is 13.4. The summed E-state index contributed by atoms with van der Waals surface area (Å²) >= 11 is 3.39. The number of anilines is 1. The number of nitrogen functional groups attached to an aromatic ring is 1. The van der Waals surface area contributed by atoms with Gasteiger partial charge in [0, 0.05) is 5.56 Å². The van der Waals surface area contributed by atoms with Crippen LogP contribution in [-0.4, -0.2) is 5.91 Å². The van der Waals surface area contributed by atoms with E-state index in [0.717, 1.165) is 10.0 Å². The minimum Gasteiger partial charge on any atom is -0.486 e. The molecule has 0 aromatic heterocycles. The molecule has 0 aliphatic heterocycles. The highest BCUT2D eigenvalue weighted by molar-refractivity contribution is 9.10. The number of ether oxygens (including phenoxy) is 1. The van der Waals surface area contributed by atoms with Gasteiger partial charge >= 0.3 is 0 Å². The van der Waals surface area contributed by atoms with Crippen LogP contribution < -0.4 is 16.2 Å². The Morgan fingerprint density at radius 1 is 1.16 bits per heavy atom. The Hall–Kier alpha value is -2.01. The second-order valence-electron chi connectivity index (χ2n) is 4.01. The summed E-state index contributed by atoms with van der Waals surface area (Å²) in [5.41, 5.74) is 13.0. The number of benzene rings is 2. The van der Waals surface area contributed by atoms with Gasteiger partial charge in [0.1, 0.15) is 6.61 Å². The zero-order chi connectivity index (χ0) is 13.8. The number of carbonyl (C=O) groups excluding carboxylic acids is 1. The van der Waals surface area contributed by atoms with Crippen molar-refractivity contribution >= 4 is 27.5 Å². The highest BCUT2D eigenvalue weighted by atomic mass is 79.9. The molecule has 5 heteroatoms. The van der Waals surface area contributed by atoms with E-state index < -0.39 is 5.91 Å². The van der Waals surface area contributed by atoms with Crippen molar-refractivity contribution in [3.8, 4) is 5.75 Å². The molecule has 0 heterocycles. The van der Waals surface area contributed by atoms with Crippen molar-refractivity contribution in [2.45, 2.75) is 6.61 Å². The van der Waals surface area contributed by atoms with Gasteiger partial charge in [0.25, 0.3) is 0 Å². The normalized spacial score (nSPS) is 10.2. The van der Waals surface area contributed by atoms with Gasteiger partial charge in [0.15, 0.2) is 5.75 Å². The molecule has 0 bridgehead atoms. The zero-order valence-electron chi connectivity index (χ0n) is 10.1. The molecule has 0 atom stereocenters. The summed E-state index contributed by atoms with van der Waals surface area (Å²) in [6.07, 6.45) is 0. The van der Waals surface area contributed by atoms with Gasteiger partial charge in [0.05, 0.1) is 10.2 Å². The monoisotopic (exact) mass is 320 g/mol. The molecule has 19 heavy (non-hydrogen) atoms. The maximum Gasteiger partial charge on any atom is 0.248 e. The molecule has 0 fully saturated rings. The average Bonchev–Trinajstić information content (AvgIpc) is 2.38. The predicted molar refractivity (Wildman–Crippen MR) is 77.8 cm³/mol. The highest BCUT2D eigenvalue weighted by Crippen LogP contribution is 2.31. The fourth-order valence-corrected chi connectivity index (χ4v) is 2.09. The zero-order valence-corrected chi connectivity index (χ0v) is 11.7. The van der Waals surface area contributed by atoms with Gasteiger partial charge in [0.2, 0.25) is 5.91 Å². The van der Waals surface area contributed by atoms with Crippen LogP contribution in [0, 0.1) is 0 Å². The Bertz CT molecular complexity index is 577. The lowest BCUT2D eigenvalue weighted by Gasteiger charge is -2.10. The van der Waals surface area contributed by atoms with Crippen molar-refractivity contribution in [2.24, 2.45) is 5.73 Å². The van der Waals surface area contributed by atoms with Crippen LogP contribution >= 0.6 is 15.9 Å². The average molecular weight is 321 g/mol. The molecule has 0 aliphatic rings. The fraction of sp³-hybridized carbons (Fsp3) is 0.0714. The van der Waals surface area contributed by atoms with Crippen LogP contribution in [0.3, 0.4) is 0 Å². The maximum absolute atomic E-state index is 10.9. The molecule has 2 aromatic rings. The molecule has 1 amide bonds. The Morgan fingerprint density at radius 3 is 2.42 bits per heavy atom. The molecule has 0 radical (unpaired) electrons. The summed E-state index contributed by atoms with van der Waals surface area (Å²) in [5, 5.41) is 0. The molecule has 0 spiro atoms. The van der Waals surface area contributed by atoms with Crippen LogP contribution in [0.1, 0.15) is 15.9 Å². The number of primary amides is 1. The number of carbonyl (C=O) groups is 1. The number of amides is 1. The number of hydrogen-bond donors (Lipinski definition) is 2. The second kappa shape index (κ2) is 5.75. The van der Waals surface area contributed by atoms with E-state index in [1.165, 1.54) is 0 Å². The first-order chi connectivity index (χ1) is 9.08. The van der Waals surface area contributed by atoms with Crippen LogP contribution in [0.15, 0.2) is 46.9 Å². The Labute approximate surface area is 119 Å². The number of rotatable bonds is 4. The van der Waals surface area contributed by atoms with E-state index in [2.05, 4.69) is 15.9 Å². The van der Waals surface area contributed by atoms with Gasteiger partial charge in [-0.15, -0.1) is 0 Å². The van der Waals surface area contributed by atoms with Gasteiger partial charge in [-0.1, -0.05) is 18.2 Å². The second-order valence-corrected chi connectivity index (χ2v) is 4.86. The first-order valence-corrected chi connectivity index (χ1v) is 6.43. The van der Waals surface area contributed by atoms with Crippen molar-refractivity contribution in [2.75, 3.05) is 5.73 Å². The standard InChI is InChI=1S/C14H13BrN2O2/c15-11-2-1-3-12(16)13(11)19-8-9-4-6-10(7-5-9)14(17)18/h1-7H,8,16H2,(H2,17,18). The summed E-state index contributed by atoms with van der Waals surface area (Å²) in [4.78, 5) is 10.9. The van der Waals surface area contributed by atoms with Gasteiger partial charge in [-0.05, 0) is 45.8 Å². The van der Waals surface area contributed by atoms with E-state index in [1.807, 2.05) is 12.1 Å². The summed E-state index contributed by atoms with van der Waals surface area (Å²) in [6.45, 7) is 0.367. The van der Waals surface area contributed by atoms with Gasteiger partial charge in [-0.3, -0.25) is 4.79 Å². The van der Waals surface area contributed by atoms with Crippen molar-refractivity contribution < 1.29 is 9.53 Å². The van der Waals surface area contributed by atoms with E-state index in [4.69, 9.17) is 16.2 Å². The summed E-state index contributed by atoms with van der Waals surface area (Å²) in [6, 6.07) is 12.4. The highest BCUT2D eigenvalue weighted by Gasteiger charge is 2.06. The maximum atomic E-state index is 10.9. The number of hydrogen-bond acceptors (Lipinski definition) is 3. The molecule has 4 nitrogen and oxygen atoms in total. The van der Waals surface area contributed by atoms with Crippen molar-refractivity contribution in [3.05, 3.63) is 58.1 Å². The molecule has 0 saturated heterocycles. The van der Waals surface area contributed by atoms with Crippen LogP contribution in [0.2, 0.25) is 0 Å². The van der Waals surface area contributed by atoms with E-state index in [1.54, 1.807) is 30.3 Å². The quantitative estimate of drug-likeness (QED) is 0.850. The van der Waals surface area contributed by atoms with E-state index in [9.17, 15) is 4.79 Å². The van der Waals surface area contributed by atoms with Gasteiger partial charge in [-0.2, -0.15) is 0 Å². The van der Waals surface area contributed by atoms with Gasteiger partial charge < -0.3 is 16.2 Å². The molecule has 2 rings (SSSR count). The van der Waals surface area contributed by atoms with E-state index >= 15 is 0 Å². The number of nitrogens with two attached hydrogens (primary N) is 2. The summed E-state index contributed by atoms with van der Waals surface area (Å²) in [7, 11) is 0. The Morgan fingerprint density at radius 2 is 1.84 bits per heavy atom. The molecule has 0 aliphatic carbocycles. The van der Waals surface area contributed by atoms with E-state index in [0.29, 0.717) is 23.6 Å². The minimum absolute atomic E-state index is 0.367. The summed E-state index contributed by atoms with van der Waals surface area (Å²) in [5.74, 6) is 0.170. The fourth-order valence-electron chi connectivity index (χ4n) is 1.60. The molecular formula is C14H13BrN2O2. The van der Waals surface area contributed by atoms with Crippen LogP contribution in [-0.2, 0) is 6.61 Å². The molecule has 0 unspecified atom stereocenters. The molecular weight excluding hydrogens is 308 g/mol. The van der Waals surface area contributed by atoms with Crippen LogP contribution in [0.4, 0.5) is 5.69 Å². The molecule has 98 valence electrons. The third-order valence-electron chi connectivity index (χ3n) is 2.62. The predicted octanol–water partition coefficient (Wildman–Crippen LogP) is 2.71. The topological polar surface area (TPSA) is 78.3 Å². The van der Waals surface area contributed by atoms with Crippen molar-refractivity contribution in [1.29, 1.82) is 0 Å². The molecule has 0 saturated carbocycles. The lowest BCUT2D eigenvalue weighted by Crippen LogP contribution is -2.10. The minimum atomic E-state index is -0.442. The van der Waals surface area contributed by atoms with Gasteiger partial charge in [-0.25, -0.2) is 0 Å². The SMILES string of the molecule is NC(=O)c1ccc(COc2c(N)cccc2Br)cc1. The van der Waals surface area contributed by atoms with Crippen molar-refractivity contribution in [1.82, 2.24) is 0 Å². The lowest BCUT2D eigenvalue weighted by molar-refractivity contribution is 0.1000. The largest absolute Gasteiger partial charge is 0.486 e. The Kier molecular flexibility index (Phi) is 4.06.